The van der Waals surface area contributed by atoms with Crippen LogP contribution in [0.1, 0.15) is 137 Å². The number of aryl methyl sites for hydroxylation is 1. The molecule has 0 amide bonds. The maximum atomic E-state index is 10.9. The van der Waals surface area contributed by atoms with E-state index in [4.69, 9.17) is 4.74 Å². The molecule has 0 radical (unpaired) electrons. The number of fused-ring (bicyclic) bond motifs is 1. The summed E-state index contributed by atoms with van der Waals surface area (Å²) >= 11 is 0. The minimum atomic E-state index is 0.564. The average molecular weight is 561 g/mol. The Bertz CT molecular complexity index is 722. The molecule has 1 aromatic rings. The van der Waals surface area contributed by atoms with Gasteiger partial charge in [-0.3, -0.25) is 4.90 Å². The molecule has 0 saturated carbocycles. The van der Waals surface area contributed by atoms with Gasteiger partial charge in [-0.25, -0.2) is 0 Å². The number of benzene rings is 1. The number of unbranched alkanes of at least 4 members (excludes halogenated alkanes) is 2. The Morgan fingerprint density at radius 2 is 1.62 bits per heavy atom. The first-order valence-corrected chi connectivity index (χ1v) is 16.5. The van der Waals surface area contributed by atoms with Crippen molar-refractivity contribution in [2.45, 2.75) is 138 Å². The number of carbonyl (C=O) groups excluding carboxylic acids is 1. The molecule has 2 aliphatic rings. The molecule has 2 heterocycles. The highest BCUT2D eigenvalue weighted by Gasteiger charge is 2.32. The van der Waals surface area contributed by atoms with Crippen LogP contribution in [0.15, 0.2) is 30.4 Å². The van der Waals surface area contributed by atoms with Crippen LogP contribution in [0.25, 0.3) is 0 Å². The molecule has 4 nitrogen and oxygen atoms in total. The van der Waals surface area contributed by atoms with Gasteiger partial charge >= 0.3 is 0 Å². The van der Waals surface area contributed by atoms with Crippen molar-refractivity contribution in [2.24, 2.45) is 0 Å². The average Bonchev–Trinajstić information content (AvgIpc) is 3.35. The van der Waals surface area contributed by atoms with Crippen molar-refractivity contribution in [1.82, 2.24) is 9.80 Å². The second-order valence-electron chi connectivity index (χ2n) is 11.2. The van der Waals surface area contributed by atoms with Crippen molar-refractivity contribution in [1.29, 1.82) is 0 Å². The Kier molecular flexibility index (Phi) is 27.9. The van der Waals surface area contributed by atoms with E-state index >= 15 is 0 Å². The van der Waals surface area contributed by atoms with Crippen LogP contribution in [0.3, 0.4) is 0 Å². The molecule has 40 heavy (non-hydrogen) atoms. The molecule has 0 N–H and O–H groups in total. The van der Waals surface area contributed by atoms with Gasteiger partial charge in [-0.2, -0.15) is 0 Å². The van der Waals surface area contributed by atoms with Crippen LogP contribution in [0.5, 0.6) is 5.75 Å². The van der Waals surface area contributed by atoms with E-state index in [9.17, 15) is 4.79 Å². The summed E-state index contributed by atoms with van der Waals surface area (Å²) in [5.41, 5.74) is 3.95. The van der Waals surface area contributed by atoms with Gasteiger partial charge in [-0.1, -0.05) is 91.9 Å². The van der Waals surface area contributed by atoms with Gasteiger partial charge < -0.3 is 14.4 Å². The third-order valence-corrected chi connectivity index (χ3v) is 6.65. The van der Waals surface area contributed by atoms with Crippen molar-refractivity contribution >= 4 is 6.29 Å². The molecule has 0 bridgehead atoms. The number of hydrogen-bond acceptors (Lipinski definition) is 4. The summed E-state index contributed by atoms with van der Waals surface area (Å²) in [5.74, 6) is 1.63. The van der Waals surface area contributed by atoms with Gasteiger partial charge in [0.25, 0.3) is 0 Å². The summed E-state index contributed by atoms with van der Waals surface area (Å²) in [6, 6.07) is 7.27. The molecule has 0 spiro atoms. The maximum Gasteiger partial charge on any atom is 0.133 e. The first kappa shape index (κ1) is 40.5. The van der Waals surface area contributed by atoms with Crippen molar-refractivity contribution < 1.29 is 9.53 Å². The molecule has 2 unspecified atom stereocenters. The van der Waals surface area contributed by atoms with Gasteiger partial charge in [0.2, 0.25) is 0 Å². The van der Waals surface area contributed by atoms with Crippen molar-refractivity contribution in [3.63, 3.8) is 0 Å². The molecule has 1 fully saturated rings. The lowest BCUT2D eigenvalue weighted by atomic mass is 9.92. The lowest BCUT2D eigenvalue weighted by molar-refractivity contribution is -0.109. The maximum absolute atomic E-state index is 10.9. The molecule has 2 aliphatic heterocycles. The van der Waals surface area contributed by atoms with E-state index in [1.165, 1.54) is 81.2 Å². The number of ether oxygens (including phenoxy) is 1. The predicted molar refractivity (Wildman–Crippen MR) is 179 cm³/mol. The van der Waals surface area contributed by atoms with Crippen LogP contribution in [0.2, 0.25) is 0 Å². The Balaban J connectivity index is 0. The molecule has 3 rings (SSSR count). The third kappa shape index (κ3) is 19.4. The quantitative estimate of drug-likeness (QED) is 0.199. The zero-order chi connectivity index (χ0) is 30.8. The van der Waals surface area contributed by atoms with E-state index in [0.717, 1.165) is 38.0 Å². The van der Waals surface area contributed by atoms with Crippen LogP contribution in [-0.2, 0) is 11.2 Å². The second kappa shape index (κ2) is 27.5. The molecule has 0 aliphatic carbocycles. The number of nitrogens with zero attached hydrogens (tertiary/aromatic N) is 2. The van der Waals surface area contributed by atoms with E-state index in [2.05, 4.69) is 76.2 Å². The summed E-state index contributed by atoms with van der Waals surface area (Å²) in [6.07, 6.45) is 13.4. The van der Waals surface area contributed by atoms with Gasteiger partial charge in [0, 0.05) is 12.6 Å². The van der Waals surface area contributed by atoms with Crippen molar-refractivity contribution in [2.75, 3.05) is 39.8 Å². The summed E-state index contributed by atoms with van der Waals surface area (Å²) in [5, 5.41) is 0. The summed E-state index contributed by atoms with van der Waals surface area (Å²) in [6.45, 7) is 27.5. The highest BCUT2D eigenvalue weighted by molar-refractivity contribution is 5.52. The van der Waals surface area contributed by atoms with Gasteiger partial charge in [-0.15, -0.1) is 6.58 Å². The van der Waals surface area contributed by atoms with Crippen molar-refractivity contribution in [3.8, 4) is 5.75 Å². The number of aldehydes is 1. The predicted octanol–water partition coefficient (Wildman–Crippen LogP) is 9.71. The smallest absolute Gasteiger partial charge is 0.133 e. The van der Waals surface area contributed by atoms with Gasteiger partial charge in [0.1, 0.15) is 12.0 Å². The lowest BCUT2D eigenvalue weighted by Crippen LogP contribution is -2.31. The summed E-state index contributed by atoms with van der Waals surface area (Å²) in [4.78, 5) is 15.7. The SMILES string of the molecule is C=C(C)C.CC.CCC.CCCC1CC(c2ccc3c(c2)CCCO3)CN1CC=O.CCCCN(C)CCCC. The third-order valence-electron chi connectivity index (χ3n) is 6.65. The first-order valence-electron chi connectivity index (χ1n) is 16.5. The second-order valence-corrected chi connectivity index (χ2v) is 11.2. The Hall–Kier alpha value is -1.65. The van der Waals surface area contributed by atoms with E-state index < -0.39 is 0 Å². The number of likely N-dealkylation sites (tertiary alicyclic amines) is 1. The molecular formula is C36H68N2O2. The van der Waals surface area contributed by atoms with E-state index in [1.54, 1.807) is 0 Å². The van der Waals surface area contributed by atoms with Crippen LogP contribution < -0.4 is 4.74 Å². The molecule has 1 saturated heterocycles. The van der Waals surface area contributed by atoms with Crippen LogP contribution >= 0.6 is 0 Å². The molecule has 2 atom stereocenters. The largest absolute Gasteiger partial charge is 0.493 e. The fourth-order valence-corrected chi connectivity index (χ4v) is 4.78. The minimum absolute atomic E-state index is 0.564. The van der Waals surface area contributed by atoms with Crippen LogP contribution in [0, 0.1) is 0 Å². The highest BCUT2D eigenvalue weighted by Crippen LogP contribution is 2.36. The summed E-state index contributed by atoms with van der Waals surface area (Å²) < 4.78 is 5.70. The number of allylic oxidation sites excluding steroid dienone is 1. The Morgan fingerprint density at radius 3 is 2.12 bits per heavy atom. The molecular weight excluding hydrogens is 492 g/mol. The van der Waals surface area contributed by atoms with Gasteiger partial charge in [0.15, 0.2) is 0 Å². The topological polar surface area (TPSA) is 32.8 Å². The van der Waals surface area contributed by atoms with Gasteiger partial charge in [-0.05, 0) is 95.6 Å². The molecule has 0 aromatic heterocycles. The van der Waals surface area contributed by atoms with Crippen molar-refractivity contribution in [3.05, 3.63) is 41.5 Å². The van der Waals surface area contributed by atoms with E-state index in [1.807, 2.05) is 27.7 Å². The van der Waals surface area contributed by atoms with E-state index in [0.29, 0.717) is 18.5 Å². The highest BCUT2D eigenvalue weighted by atomic mass is 16.5. The minimum Gasteiger partial charge on any atom is -0.493 e. The fourth-order valence-electron chi connectivity index (χ4n) is 4.78. The number of rotatable bonds is 11. The van der Waals surface area contributed by atoms with Crippen LogP contribution in [0.4, 0.5) is 0 Å². The summed E-state index contributed by atoms with van der Waals surface area (Å²) in [7, 11) is 2.21. The normalized spacial score (nSPS) is 17.3. The molecule has 234 valence electrons. The van der Waals surface area contributed by atoms with E-state index in [-0.39, 0.29) is 0 Å². The standard InChI is InChI=1S/C18H25NO2.C9H21N.C4H8.C3H8.C2H6/c1-2-4-17-12-16(13-19(17)8-9-20)14-6-7-18-15(11-14)5-3-10-21-18;1-4-6-8-10(3)9-7-5-2;1-4(2)3;1-3-2;1-2/h6-7,9,11,16-17H,2-5,8,10,12-13H2,1H3;4-9H2,1-3H3;1H2,2-3H3;3H2,1-2H3;1-2H3. The Morgan fingerprint density at radius 1 is 1.05 bits per heavy atom. The van der Waals surface area contributed by atoms with Gasteiger partial charge in [0.05, 0.1) is 13.2 Å². The first-order chi connectivity index (χ1) is 19.3. The monoisotopic (exact) mass is 561 g/mol. The zero-order valence-electron chi connectivity index (χ0n) is 28.5. The lowest BCUT2D eigenvalue weighted by Gasteiger charge is -2.21. The number of hydrogen-bond donors (Lipinski definition) is 0. The zero-order valence-corrected chi connectivity index (χ0v) is 28.5. The molecule has 4 heteroatoms. The molecule has 1 aromatic carbocycles. The number of carbonyl (C=O) groups is 1. The Labute approximate surface area is 250 Å². The van der Waals surface area contributed by atoms with Crippen LogP contribution in [-0.4, -0.2) is 62.0 Å². The fraction of sp³-hybridized carbons (Fsp3) is 0.750.